The Morgan fingerprint density at radius 2 is 2.14 bits per heavy atom. The molecule has 1 fully saturated rings. The molecule has 1 heterocycles. The van der Waals surface area contributed by atoms with Crippen LogP contribution in [-0.2, 0) is 14.3 Å². The van der Waals surface area contributed by atoms with Crippen LogP contribution in [0.2, 0.25) is 0 Å². The van der Waals surface area contributed by atoms with E-state index in [4.69, 9.17) is 4.74 Å². The van der Waals surface area contributed by atoms with Gasteiger partial charge < -0.3 is 20.3 Å². The van der Waals surface area contributed by atoms with Crippen molar-refractivity contribution in [1.29, 1.82) is 0 Å². The second-order valence-corrected chi connectivity index (χ2v) is 5.47. The van der Waals surface area contributed by atoms with Crippen LogP contribution in [0.25, 0.3) is 0 Å². The second-order valence-electron chi connectivity index (χ2n) is 5.47. The highest BCUT2D eigenvalue weighted by Crippen LogP contribution is 2.10. The molecule has 2 N–H and O–H groups in total. The Hall–Kier alpha value is -1.79. The van der Waals surface area contributed by atoms with Crippen molar-refractivity contribution in [1.82, 2.24) is 15.5 Å². The van der Waals surface area contributed by atoms with Gasteiger partial charge in [0.1, 0.15) is 0 Å². The Bertz CT molecular complexity index is 412. The molecule has 0 spiro atoms. The van der Waals surface area contributed by atoms with Crippen molar-refractivity contribution in [2.24, 2.45) is 10.9 Å². The van der Waals surface area contributed by atoms with Gasteiger partial charge >= 0.3 is 5.97 Å². The van der Waals surface area contributed by atoms with Crippen LogP contribution < -0.4 is 10.6 Å². The lowest BCUT2D eigenvalue weighted by Gasteiger charge is -2.19. The Kier molecular flexibility index (Phi) is 7.70. The molecule has 126 valence electrons. The number of hydrogen-bond donors (Lipinski definition) is 2. The van der Waals surface area contributed by atoms with Crippen LogP contribution in [0.15, 0.2) is 4.99 Å². The number of ether oxygens (including phenoxy) is 1. The number of hydrogen-bond acceptors (Lipinski definition) is 4. The molecule has 0 bridgehead atoms. The molecule has 0 aliphatic carbocycles. The second kappa shape index (κ2) is 9.27. The van der Waals surface area contributed by atoms with E-state index in [1.54, 1.807) is 6.92 Å². The van der Waals surface area contributed by atoms with Crippen molar-refractivity contribution in [3.63, 3.8) is 0 Å². The van der Waals surface area contributed by atoms with E-state index in [0.29, 0.717) is 25.5 Å². The highest BCUT2D eigenvalue weighted by molar-refractivity contribution is 5.81. The van der Waals surface area contributed by atoms with E-state index < -0.39 is 0 Å². The summed E-state index contributed by atoms with van der Waals surface area (Å²) in [6.07, 6.45) is 1.44. The Labute approximate surface area is 132 Å². The fraction of sp³-hybridized carbons (Fsp3) is 0.800. The first-order valence-corrected chi connectivity index (χ1v) is 7.92. The SMILES string of the molecule is CCNC(=NCC(C)C(=O)OC)NC1CCN(C(=O)CC)C1. The number of rotatable bonds is 6. The third kappa shape index (κ3) is 5.54. The molecule has 0 aromatic carbocycles. The van der Waals surface area contributed by atoms with E-state index in [9.17, 15) is 9.59 Å². The molecule has 1 aliphatic heterocycles. The molecule has 2 unspecified atom stereocenters. The van der Waals surface area contributed by atoms with E-state index in [2.05, 4.69) is 15.6 Å². The summed E-state index contributed by atoms with van der Waals surface area (Å²) in [7, 11) is 1.38. The monoisotopic (exact) mass is 312 g/mol. The topological polar surface area (TPSA) is 83.0 Å². The number of guanidine groups is 1. The first kappa shape index (κ1) is 18.3. The number of carbonyl (C=O) groups excluding carboxylic acids is 2. The number of nitrogens with zero attached hydrogens (tertiary/aromatic N) is 2. The molecular formula is C15H28N4O3. The average Bonchev–Trinajstić information content (AvgIpc) is 2.99. The predicted octanol–water partition coefficient (Wildman–Crippen LogP) is 0.362. The molecule has 1 rings (SSSR count). The highest BCUT2D eigenvalue weighted by Gasteiger charge is 2.25. The van der Waals surface area contributed by atoms with Gasteiger partial charge in [-0.2, -0.15) is 0 Å². The van der Waals surface area contributed by atoms with Crippen molar-refractivity contribution in [2.75, 3.05) is 33.3 Å². The number of likely N-dealkylation sites (tertiary alicyclic amines) is 1. The van der Waals surface area contributed by atoms with Crippen LogP contribution in [-0.4, -0.2) is 62.1 Å². The largest absolute Gasteiger partial charge is 0.469 e. The van der Waals surface area contributed by atoms with Crippen molar-refractivity contribution in [3.8, 4) is 0 Å². The average molecular weight is 312 g/mol. The van der Waals surface area contributed by atoms with E-state index >= 15 is 0 Å². The van der Waals surface area contributed by atoms with Gasteiger partial charge in [-0.25, -0.2) is 0 Å². The molecule has 1 saturated heterocycles. The third-order valence-electron chi connectivity index (χ3n) is 3.66. The lowest BCUT2D eigenvalue weighted by molar-refractivity contribution is -0.144. The molecular weight excluding hydrogens is 284 g/mol. The van der Waals surface area contributed by atoms with Gasteiger partial charge in [0.05, 0.1) is 19.6 Å². The van der Waals surface area contributed by atoms with Gasteiger partial charge in [-0.1, -0.05) is 13.8 Å². The summed E-state index contributed by atoms with van der Waals surface area (Å²) < 4.78 is 4.70. The zero-order chi connectivity index (χ0) is 16.5. The number of esters is 1. The van der Waals surface area contributed by atoms with Gasteiger partial charge in [-0.05, 0) is 13.3 Å². The first-order valence-electron chi connectivity index (χ1n) is 7.92. The number of amides is 1. The zero-order valence-corrected chi connectivity index (χ0v) is 14.0. The summed E-state index contributed by atoms with van der Waals surface area (Å²) in [5.41, 5.74) is 0. The van der Waals surface area contributed by atoms with Crippen LogP contribution in [0, 0.1) is 5.92 Å². The van der Waals surface area contributed by atoms with Gasteiger partial charge in [0, 0.05) is 32.1 Å². The normalized spacial score (nSPS) is 19.7. The van der Waals surface area contributed by atoms with E-state index in [-0.39, 0.29) is 23.8 Å². The summed E-state index contributed by atoms with van der Waals surface area (Å²) in [6, 6.07) is 0.196. The van der Waals surface area contributed by atoms with Crippen LogP contribution >= 0.6 is 0 Å². The molecule has 7 nitrogen and oxygen atoms in total. The maximum atomic E-state index is 11.7. The minimum Gasteiger partial charge on any atom is -0.469 e. The van der Waals surface area contributed by atoms with Gasteiger partial charge in [0.15, 0.2) is 5.96 Å². The van der Waals surface area contributed by atoms with Crippen LogP contribution in [0.1, 0.15) is 33.6 Å². The van der Waals surface area contributed by atoms with E-state index in [1.165, 1.54) is 7.11 Å². The maximum Gasteiger partial charge on any atom is 0.310 e. The lowest BCUT2D eigenvalue weighted by Crippen LogP contribution is -2.45. The number of nitrogens with one attached hydrogen (secondary N) is 2. The number of methoxy groups -OCH3 is 1. The summed E-state index contributed by atoms with van der Waals surface area (Å²) in [5.74, 6) is 0.321. The quantitative estimate of drug-likeness (QED) is 0.420. The molecule has 0 saturated carbocycles. The maximum absolute atomic E-state index is 11.7. The molecule has 1 amide bonds. The summed E-state index contributed by atoms with van der Waals surface area (Å²) in [6.45, 7) is 8.24. The third-order valence-corrected chi connectivity index (χ3v) is 3.66. The molecule has 2 atom stereocenters. The first-order chi connectivity index (χ1) is 10.5. The summed E-state index contributed by atoms with van der Waals surface area (Å²) >= 11 is 0. The lowest BCUT2D eigenvalue weighted by atomic mass is 10.2. The minimum atomic E-state index is -0.276. The van der Waals surface area contributed by atoms with Gasteiger partial charge in [-0.15, -0.1) is 0 Å². The summed E-state index contributed by atoms with van der Waals surface area (Å²) in [5, 5.41) is 6.49. The van der Waals surface area contributed by atoms with Gasteiger partial charge in [0.2, 0.25) is 5.91 Å². The standard InChI is InChI=1S/C15H28N4O3/c1-5-13(20)19-8-7-12(10-19)18-15(16-6-2)17-9-11(3)14(21)22-4/h11-12H,5-10H2,1-4H3,(H2,16,17,18). The minimum absolute atomic E-state index is 0.186. The molecule has 0 aromatic rings. The number of carbonyl (C=O) groups is 2. The molecule has 7 heteroatoms. The van der Waals surface area contributed by atoms with E-state index in [0.717, 1.165) is 19.5 Å². The van der Waals surface area contributed by atoms with Crippen molar-refractivity contribution in [3.05, 3.63) is 0 Å². The Morgan fingerprint density at radius 3 is 2.73 bits per heavy atom. The molecule has 1 aliphatic rings. The van der Waals surface area contributed by atoms with Crippen molar-refractivity contribution < 1.29 is 14.3 Å². The molecule has 0 aromatic heterocycles. The van der Waals surface area contributed by atoms with Crippen LogP contribution in [0.4, 0.5) is 0 Å². The van der Waals surface area contributed by atoms with Crippen molar-refractivity contribution >= 4 is 17.8 Å². The Morgan fingerprint density at radius 1 is 1.41 bits per heavy atom. The van der Waals surface area contributed by atoms with Crippen LogP contribution in [0.3, 0.4) is 0 Å². The van der Waals surface area contributed by atoms with Crippen molar-refractivity contribution in [2.45, 2.75) is 39.7 Å². The van der Waals surface area contributed by atoms with Crippen LogP contribution in [0.5, 0.6) is 0 Å². The smallest absolute Gasteiger partial charge is 0.310 e. The molecule has 22 heavy (non-hydrogen) atoms. The fourth-order valence-corrected chi connectivity index (χ4v) is 2.35. The summed E-state index contributed by atoms with van der Waals surface area (Å²) in [4.78, 5) is 29.4. The van der Waals surface area contributed by atoms with E-state index in [1.807, 2.05) is 18.7 Å². The number of aliphatic imine (C=N–C) groups is 1. The predicted molar refractivity (Wildman–Crippen MR) is 85.6 cm³/mol. The van der Waals surface area contributed by atoms with Gasteiger partial charge in [0.25, 0.3) is 0 Å². The fourth-order valence-electron chi connectivity index (χ4n) is 2.35. The molecule has 0 radical (unpaired) electrons. The van der Waals surface area contributed by atoms with Gasteiger partial charge in [-0.3, -0.25) is 14.6 Å². The zero-order valence-electron chi connectivity index (χ0n) is 14.0. The Balaban J connectivity index is 2.54. The highest BCUT2D eigenvalue weighted by atomic mass is 16.5.